The minimum atomic E-state index is -0.588. The van der Waals surface area contributed by atoms with E-state index in [0.29, 0.717) is 28.0 Å². The van der Waals surface area contributed by atoms with Crippen molar-refractivity contribution in [2.45, 2.75) is 5.75 Å². The maximum absolute atomic E-state index is 12.3. The maximum Gasteiger partial charge on any atom is 0.340 e. The van der Waals surface area contributed by atoms with E-state index in [2.05, 4.69) is 5.32 Å². The summed E-state index contributed by atoms with van der Waals surface area (Å²) in [5.74, 6) is 0.704. The van der Waals surface area contributed by atoms with E-state index >= 15 is 0 Å². The number of rotatable bonds is 8. The van der Waals surface area contributed by atoms with Gasteiger partial charge in [-0.1, -0.05) is 29.8 Å². The summed E-state index contributed by atoms with van der Waals surface area (Å²) >= 11 is 7.53. The third kappa shape index (κ3) is 5.55. The third-order valence-corrected chi connectivity index (χ3v) is 5.00. The fourth-order valence-electron chi connectivity index (χ4n) is 2.32. The highest BCUT2D eigenvalue weighted by Gasteiger charge is 2.19. The molecule has 1 amide bonds. The fourth-order valence-corrected chi connectivity index (χ4v) is 3.43. The molecule has 0 bridgehead atoms. The van der Waals surface area contributed by atoms with Crippen molar-refractivity contribution in [1.82, 2.24) is 0 Å². The fraction of sp³-hybridized carbons (Fsp3) is 0.263. The van der Waals surface area contributed by atoms with Crippen LogP contribution in [0.1, 0.15) is 15.9 Å². The summed E-state index contributed by atoms with van der Waals surface area (Å²) in [7, 11) is 4.20. The second kappa shape index (κ2) is 10.1. The van der Waals surface area contributed by atoms with Crippen LogP contribution in [0.15, 0.2) is 36.4 Å². The summed E-state index contributed by atoms with van der Waals surface area (Å²) in [5, 5.41) is 3.39. The summed E-state index contributed by atoms with van der Waals surface area (Å²) in [6, 6.07) is 10.5. The van der Waals surface area contributed by atoms with Gasteiger partial charge in [-0.15, -0.1) is 11.8 Å². The molecule has 0 aliphatic rings. The molecule has 0 saturated heterocycles. The van der Waals surface area contributed by atoms with Crippen LogP contribution in [-0.2, 0) is 15.3 Å². The Bertz CT molecular complexity index is 828. The van der Waals surface area contributed by atoms with Crippen LogP contribution in [0.3, 0.4) is 0 Å². The standard InChI is InChI=1S/C19H20ClNO5S/c1-24-16-8-13(19(23)26-3)15(9-17(16)25-2)21-18(22)11-27-10-12-6-4-5-7-14(12)20/h4-9H,10-11H2,1-3H3,(H,21,22). The monoisotopic (exact) mass is 409 g/mol. The molecule has 144 valence electrons. The van der Waals surface area contributed by atoms with Gasteiger partial charge >= 0.3 is 5.97 Å². The Morgan fingerprint density at radius 1 is 1.07 bits per heavy atom. The molecular formula is C19H20ClNO5S. The molecule has 0 aromatic heterocycles. The average Bonchev–Trinajstić information content (AvgIpc) is 2.68. The van der Waals surface area contributed by atoms with E-state index in [9.17, 15) is 9.59 Å². The largest absolute Gasteiger partial charge is 0.493 e. The average molecular weight is 410 g/mol. The van der Waals surface area contributed by atoms with Crippen molar-refractivity contribution >= 4 is 40.9 Å². The van der Waals surface area contributed by atoms with Gasteiger partial charge < -0.3 is 19.5 Å². The molecule has 0 aliphatic heterocycles. The van der Waals surface area contributed by atoms with E-state index in [1.165, 1.54) is 45.2 Å². The predicted octanol–water partition coefficient (Wildman–Crippen LogP) is 4.02. The minimum absolute atomic E-state index is 0.180. The highest BCUT2D eigenvalue weighted by atomic mass is 35.5. The molecule has 0 aliphatic carbocycles. The number of methoxy groups -OCH3 is 3. The van der Waals surface area contributed by atoms with Crippen LogP contribution in [0.4, 0.5) is 5.69 Å². The van der Waals surface area contributed by atoms with E-state index in [0.717, 1.165) is 5.56 Å². The van der Waals surface area contributed by atoms with Crippen LogP contribution in [0, 0.1) is 0 Å². The van der Waals surface area contributed by atoms with Crippen LogP contribution in [0.25, 0.3) is 0 Å². The van der Waals surface area contributed by atoms with Gasteiger partial charge in [0.05, 0.1) is 38.3 Å². The summed E-state index contributed by atoms with van der Waals surface area (Å²) in [5.41, 5.74) is 1.43. The molecule has 0 radical (unpaired) electrons. The van der Waals surface area contributed by atoms with Crippen LogP contribution in [0.5, 0.6) is 11.5 Å². The molecule has 0 fully saturated rings. The number of nitrogens with one attached hydrogen (secondary N) is 1. The van der Waals surface area contributed by atoms with E-state index < -0.39 is 5.97 Å². The Hall–Kier alpha value is -2.38. The van der Waals surface area contributed by atoms with Crippen LogP contribution < -0.4 is 14.8 Å². The molecule has 2 rings (SSSR count). The number of halogens is 1. The zero-order chi connectivity index (χ0) is 19.8. The number of hydrogen-bond donors (Lipinski definition) is 1. The number of amides is 1. The molecule has 2 aromatic rings. The minimum Gasteiger partial charge on any atom is -0.493 e. The zero-order valence-electron chi connectivity index (χ0n) is 15.2. The van der Waals surface area contributed by atoms with E-state index in [4.69, 9.17) is 25.8 Å². The van der Waals surface area contributed by atoms with Gasteiger partial charge in [-0.2, -0.15) is 0 Å². The van der Waals surface area contributed by atoms with Crippen molar-refractivity contribution in [3.8, 4) is 11.5 Å². The first-order chi connectivity index (χ1) is 13.0. The van der Waals surface area contributed by atoms with Gasteiger partial charge in [0.1, 0.15) is 0 Å². The number of thioether (sulfide) groups is 1. The predicted molar refractivity (Wildman–Crippen MR) is 107 cm³/mol. The molecule has 27 heavy (non-hydrogen) atoms. The van der Waals surface area contributed by atoms with Gasteiger partial charge in [-0.3, -0.25) is 4.79 Å². The molecule has 0 atom stereocenters. The molecule has 0 spiro atoms. The Balaban J connectivity index is 2.09. The number of carbonyl (C=O) groups is 2. The van der Waals surface area contributed by atoms with E-state index in [1.54, 1.807) is 0 Å². The first kappa shape index (κ1) is 20.9. The first-order valence-electron chi connectivity index (χ1n) is 7.95. The lowest BCUT2D eigenvalue weighted by atomic mass is 10.1. The van der Waals surface area contributed by atoms with Crippen LogP contribution in [0.2, 0.25) is 5.02 Å². The van der Waals surface area contributed by atoms with Gasteiger partial charge in [-0.25, -0.2) is 4.79 Å². The van der Waals surface area contributed by atoms with Crippen molar-refractivity contribution < 1.29 is 23.8 Å². The quantitative estimate of drug-likeness (QED) is 0.664. The molecular weight excluding hydrogens is 390 g/mol. The second-order valence-electron chi connectivity index (χ2n) is 5.38. The van der Waals surface area contributed by atoms with Gasteiger partial charge in [-0.05, 0) is 11.6 Å². The lowest BCUT2D eigenvalue weighted by Crippen LogP contribution is -2.17. The number of anilines is 1. The summed E-state index contributed by atoms with van der Waals surface area (Å²) in [6.45, 7) is 0. The van der Waals surface area contributed by atoms with Crippen molar-refractivity contribution in [2.75, 3.05) is 32.4 Å². The second-order valence-corrected chi connectivity index (χ2v) is 6.77. The van der Waals surface area contributed by atoms with Crippen molar-refractivity contribution in [3.63, 3.8) is 0 Å². The van der Waals surface area contributed by atoms with Gasteiger partial charge in [0.25, 0.3) is 0 Å². The van der Waals surface area contributed by atoms with Crippen molar-refractivity contribution in [3.05, 3.63) is 52.5 Å². The van der Waals surface area contributed by atoms with E-state index in [1.807, 2.05) is 24.3 Å². The Labute approximate surface area is 167 Å². The highest BCUT2D eigenvalue weighted by Crippen LogP contribution is 2.34. The summed E-state index contributed by atoms with van der Waals surface area (Å²) in [6.07, 6.45) is 0. The molecule has 0 unspecified atom stereocenters. The SMILES string of the molecule is COC(=O)c1cc(OC)c(OC)cc1NC(=O)CSCc1ccccc1Cl. The van der Waals surface area contributed by atoms with Crippen molar-refractivity contribution in [1.29, 1.82) is 0 Å². The van der Waals surface area contributed by atoms with Gasteiger partial charge in [0.2, 0.25) is 5.91 Å². The number of ether oxygens (including phenoxy) is 3. The number of hydrogen-bond acceptors (Lipinski definition) is 6. The topological polar surface area (TPSA) is 73.9 Å². The zero-order valence-corrected chi connectivity index (χ0v) is 16.8. The van der Waals surface area contributed by atoms with Crippen LogP contribution >= 0.6 is 23.4 Å². The summed E-state index contributed by atoms with van der Waals surface area (Å²) in [4.78, 5) is 24.3. The molecule has 0 heterocycles. The lowest BCUT2D eigenvalue weighted by molar-refractivity contribution is -0.113. The Morgan fingerprint density at radius 2 is 1.74 bits per heavy atom. The maximum atomic E-state index is 12.3. The number of esters is 1. The van der Waals surface area contributed by atoms with Crippen LogP contribution in [-0.4, -0.2) is 39.0 Å². The number of carbonyl (C=O) groups excluding carboxylic acids is 2. The Kier molecular flexibility index (Phi) is 7.82. The molecule has 0 saturated carbocycles. The summed E-state index contributed by atoms with van der Waals surface area (Å²) < 4.78 is 15.2. The number of benzene rings is 2. The Morgan fingerprint density at radius 3 is 2.37 bits per heavy atom. The van der Waals surface area contributed by atoms with Gasteiger partial charge in [0.15, 0.2) is 11.5 Å². The highest BCUT2D eigenvalue weighted by molar-refractivity contribution is 7.99. The van der Waals surface area contributed by atoms with Gasteiger partial charge in [0, 0.05) is 22.9 Å². The van der Waals surface area contributed by atoms with Crippen molar-refractivity contribution in [2.24, 2.45) is 0 Å². The molecule has 1 N–H and O–H groups in total. The molecule has 2 aromatic carbocycles. The lowest BCUT2D eigenvalue weighted by Gasteiger charge is -2.14. The third-order valence-electron chi connectivity index (χ3n) is 3.65. The molecule has 8 heteroatoms. The van der Waals surface area contributed by atoms with E-state index in [-0.39, 0.29) is 17.2 Å². The normalized spacial score (nSPS) is 10.2. The first-order valence-corrected chi connectivity index (χ1v) is 9.48. The smallest absolute Gasteiger partial charge is 0.340 e. The molecule has 6 nitrogen and oxygen atoms in total.